The molecule has 2 aromatic rings. The highest BCUT2D eigenvalue weighted by Crippen LogP contribution is 2.15. The molecule has 0 saturated carbocycles. The lowest BCUT2D eigenvalue weighted by molar-refractivity contribution is 0.200. The number of rotatable bonds is 4. The number of thiazole rings is 1. The predicted octanol–water partition coefficient (Wildman–Crippen LogP) is 2.20. The highest BCUT2D eigenvalue weighted by molar-refractivity contribution is 7.09. The zero-order valence-electron chi connectivity index (χ0n) is 10.6. The lowest BCUT2D eigenvalue weighted by Gasteiger charge is -2.04. The summed E-state index contributed by atoms with van der Waals surface area (Å²) in [6.45, 7) is 2.00. The fourth-order valence-electron chi connectivity index (χ4n) is 1.66. The van der Waals surface area contributed by atoms with E-state index >= 15 is 0 Å². The first-order chi connectivity index (χ1) is 9.17. The summed E-state index contributed by atoms with van der Waals surface area (Å²) in [6, 6.07) is 7.35. The summed E-state index contributed by atoms with van der Waals surface area (Å²) in [4.78, 5) is 15.3. The lowest BCUT2D eigenvalue weighted by Crippen LogP contribution is -2.32. The number of hydrazine groups is 1. The number of carbonyl (C=O) groups excluding carboxylic acids is 1. The summed E-state index contributed by atoms with van der Waals surface area (Å²) in [5.41, 5.74) is 4.20. The molecule has 2 rings (SSSR count). The molecule has 0 spiro atoms. The van der Waals surface area contributed by atoms with E-state index in [1.165, 1.54) is 5.56 Å². The first kappa shape index (κ1) is 13.5. The van der Waals surface area contributed by atoms with Crippen LogP contribution in [0, 0.1) is 6.92 Å². The van der Waals surface area contributed by atoms with Crippen LogP contribution in [0.3, 0.4) is 0 Å². The monoisotopic (exact) mass is 277 g/mol. The highest BCUT2D eigenvalue weighted by atomic mass is 32.1. The maximum absolute atomic E-state index is 10.9. The van der Waals surface area contributed by atoms with Gasteiger partial charge in [-0.2, -0.15) is 0 Å². The molecular weight excluding hydrogens is 262 g/mol. The molecule has 0 saturated heterocycles. The van der Waals surface area contributed by atoms with E-state index in [9.17, 15) is 4.79 Å². The Bertz CT molecular complexity index is 551. The molecule has 6 heteroatoms. The molecule has 0 radical (unpaired) electrons. The molecule has 1 aromatic carbocycles. The summed E-state index contributed by atoms with van der Waals surface area (Å²) < 4.78 is 4.90. The normalized spacial score (nSPS) is 10.2. The molecule has 5 nitrogen and oxygen atoms in total. The van der Waals surface area contributed by atoms with Crippen molar-refractivity contribution in [1.29, 1.82) is 0 Å². The van der Waals surface area contributed by atoms with Gasteiger partial charge in [0.2, 0.25) is 0 Å². The smallest absolute Gasteiger partial charge is 0.409 e. The highest BCUT2D eigenvalue weighted by Gasteiger charge is 2.03. The molecule has 1 amide bonds. The van der Waals surface area contributed by atoms with Crippen LogP contribution in [-0.4, -0.2) is 11.1 Å². The average molecular weight is 277 g/mol. The molecule has 3 N–H and O–H groups in total. The molecule has 1 heterocycles. The first-order valence-corrected chi connectivity index (χ1v) is 6.73. The number of carbonyl (C=O) groups is 1. The predicted molar refractivity (Wildman–Crippen MR) is 74.0 cm³/mol. The van der Waals surface area contributed by atoms with Gasteiger partial charge in [0, 0.05) is 5.38 Å². The van der Waals surface area contributed by atoms with Gasteiger partial charge in [-0.05, 0) is 37.5 Å². The lowest BCUT2D eigenvalue weighted by atomic mass is 10.1. The van der Waals surface area contributed by atoms with Gasteiger partial charge in [-0.15, -0.1) is 11.3 Å². The van der Waals surface area contributed by atoms with E-state index in [0.717, 1.165) is 23.5 Å². The van der Waals surface area contributed by atoms with Crippen molar-refractivity contribution in [2.24, 2.45) is 5.84 Å². The van der Waals surface area contributed by atoms with Crippen LogP contribution >= 0.6 is 11.3 Å². The number of hydrogen-bond donors (Lipinski definition) is 2. The molecule has 0 aliphatic rings. The van der Waals surface area contributed by atoms with E-state index < -0.39 is 6.09 Å². The van der Waals surface area contributed by atoms with Crippen LogP contribution in [-0.2, 0) is 12.8 Å². The minimum atomic E-state index is -0.675. The van der Waals surface area contributed by atoms with Crippen molar-refractivity contribution in [2.45, 2.75) is 19.8 Å². The second kappa shape index (κ2) is 6.31. The third-order valence-corrected chi connectivity index (χ3v) is 3.41. The van der Waals surface area contributed by atoms with Crippen molar-refractivity contribution in [1.82, 2.24) is 10.4 Å². The number of aromatic nitrogens is 1. The Labute approximate surface area is 115 Å². The van der Waals surface area contributed by atoms with Crippen molar-refractivity contribution in [3.8, 4) is 5.75 Å². The van der Waals surface area contributed by atoms with E-state index in [2.05, 4.69) is 10.4 Å². The van der Waals surface area contributed by atoms with E-state index in [4.69, 9.17) is 10.6 Å². The van der Waals surface area contributed by atoms with Gasteiger partial charge in [0.05, 0.1) is 10.7 Å². The Kier molecular flexibility index (Phi) is 4.48. The van der Waals surface area contributed by atoms with Crippen LogP contribution < -0.4 is 16.0 Å². The van der Waals surface area contributed by atoms with Gasteiger partial charge in [0.25, 0.3) is 0 Å². The summed E-state index contributed by atoms with van der Waals surface area (Å²) in [5, 5.41) is 3.17. The number of nitrogens with zero attached hydrogens (tertiary/aromatic N) is 1. The van der Waals surface area contributed by atoms with Gasteiger partial charge in [0.15, 0.2) is 0 Å². The molecule has 0 aliphatic heterocycles. The molecule has 100 valence electrons. The average Bonchev–Trinajstić information content (AvgIpc) is 2.83. The van der Waals surface area contributed by atoms with Crippen molar-refractivity contribution >= 4 is 17.4 Å². The first-order valence-electron chi connectivity index (χ1n) is 5.86. The maximum Gasteiger partial charge on any atom is 0.426 e. The third-order valence-electron chi connectivity index (χ3n) is 2.59. The molecule has 0 bridgehead atoms. The van der Waals surface area contributed by atoms with Crippen molar-refractivity contribution in [3.63, 3.8) is 0 Å². The minimum absolute atomic E-state index is 0.469. The van der Waals surface area contributed by atoms with Gasteiger partial charge >= 0.3 is 6.09 Å². The molecule has 1 aromatic heterocycles. The van der Waals surface area contributed by atoms with Crippen LogP contribution in [0.4, 0.5) is 4.79 Å². The minimum Gasteiger partial charge on any atom is -0.409 e. The van der Waals surface area contributed by atoms with Gasteiger partial charge in [0.1, 0.15) is 5.75 Å². The SMILES string of the molecule is Cc1nc(CCc2ccc(OC(=O)NN)cc2)cs1. The van der Waals surface area contributed by atoms with E-state index in [0.29, 0.717) is 5.75 Å². The quantitative estimate of drug-likeness (QED) is 0.510. The largest absolute Gasteiger partial charge is 0.426 e. The van der Waals surface area contributed by atoms with Crippen LogP contribution in [0.2, 0.25) is 0 Å². The van der Waals surface area contributed by atoms with E-state index in [1.807, 2.05) is 24.5 Å². The molecule has 0 fully saturated rings. The number of amides is 1. The van der Waals surface area contributed by atoms with Gasteiger partial charge in [-0.3, -0.25) is 5.43 Å². The summed E-state index contributed by atoms with van der Waals surface area (Å²) in [5.74, 6) is 5.40. The van der Waals surface area contributed by atoms with Crippen LogP contribution in [0.25, 0.3) is 0 Å². The van der Waals surface area contributed by atoms with Crippen LogP contribution in [0.5, 0.6) is 5.75 Å². The van der Waals surface area contributed by atoms with Gasteiger partial charge in [-0.1, -0.05) is 12.1 Å². The molecule has 0 unspecified atom stereocenters. The number of benzene rings is 1. The molecule has 0 atom stereocenters. The number of nitrogens with two attached hydrogens (primary N) is 1. The number of nitrogens with one attached hydrogen (secondary N) is 1. The second-order valence-corrected chi connectivity index (χ2v) is 5.10. The fraction of sp³-hybridized carbons (Fsp3) is 0.231. The van der Waals surface area contributed by atoms with E-state index in [-0.39, 0.29) is 0 Å². The summed E-state index contributed by atoms with van der Waals surface area (Å²) in [7, 11) is 0. The zero-order chi connectivity index (χ0) is 13.7. The van der Waals surface area contributed by atoms with E-state index in [1.54, 1.807) is 23.5 Å². The summed E-state index contributed by atoms with van der Waals surface area (Å²) >= 11 is 1.66. The van der Waals surface area contributed by atoms with Crippen molar-refractivity contribution in [2.75, 3.05) is 0 Å². The Morgan fingerprint density at radius 1 is 1.37 bits per heavy atom. The standard InChI is InChI=1S/C13H15N3O2S/c1-9-15-11(8-19-9)5-2-10-3-6-12(7-4-10)18-13(17)16-14/h3-4,6-8H,2,5,14H2,1H3,(H,16,17). The van der Waals surface area contributed by atoms with Gasteiger partial charge in [-0.25, -0.2) is 15.6 Å². The topological polar surface area (TPSA) is 77.2 Å². The molecule has 19 heavy (non-hydrogen) atoms. The maximum atomic E-state index is 10.9. The Balaban J connectivity index is 1.89. The number of ether oxygens (including phenoxy) is 1. The molecule has 0 aliphatic carbocycles. The Morgan fingerprint density at radius 2 is 2.11 bits per heavy atom. The number of aryl methyl sites for hydroxylation is 3. The number of hydrogen-bond acceptors (Lipinski definition) is 5. The third kappa shape index (κ3) is 4.04. The van der Waals surface area contributed by atoms with Gasteiger partial charge < -0.3 is 4.74 Å². The summed E-state index contributed by atoms with van der Waals surface area (Å²) in [6.07, 6.45) is 1.14. The fourth-order valence-corrected chi connectivity index (χ4v) is 2.30. The zero-order valence-corrected chi connectivity index (χ0v) is 11.4. The molecular formula is C13H15N3O2S. The van der Waals surface area contributed by atoms with Crippen LogP contribution in [0.1, 0.15) is 16.3 Å². The Morgan fingerprint density at radius 3 is 2.68 bits per heavy atom. The second-order valence-electron chi connectivity index (χ2n) is 4.04. The van der Waals surface area contributed by atoms with Crippen molar-refractivity contribution < 1.29 is 9.53 Å². The van der Waals surface area contributed by atoms with Crippen molar-refractivity contribution in [3.05, 3.63) is 45.9 Å². The Hall–Kier alpha value is -1.92. The van der Waals surface area contributed by atoms with Crippen LogP contribution in [0.15, 0.2) is 29.6 Å².